The molecule has 0 saturated heterocycles. The molecule has 0 aliphatic rings. The van der Waals surface area contributed by atoms with Crippen LogP contribution in [0.3, 0.4) is 0 Å². The maximum absolute atomic E-state index is 10.9. The summed E-state index contributed by atoms with van der Waals surface area (Å²) in [7, 11) is -2.69. The highest BCUT2D eigenvalue weighted by molar-refractivity contribution is 7.88. The largest absolute Gasteiger partial charge is 0.497 e. The molecular formula is C21H26ClNO6S. The summed E-state index contributed by atoms with van der Waals surface area (Å²) in [4.78, 5) is 0. The third kappa shape index (κ3) is 7.97. The fourth-order valence-electron chi connectivity index (χ4n) is 2.70. The number of hydrogen-bond donors (Lipinski definition) is 3. The Bertz CT molecular complexity index is 962. The lowest BCUT2D eigenvalue weighted by molar-refractivity contribution is 0.220. The van der Waals surface area contributed by atoms with Crippen LogP contribution in [0, 0.1) is 0 Å². The molecule has 2 aromatic carbocycles. The maximum Gasteiger partial charge on any atom is 0.287 e. The molecule has 7 nitrogen and oxygen atoms in total. The van der Waals surface area contributed by atoms with Gasteiger partial charge in [-0.25, -0.2) is 0 Å². The van der Waals surface area contributed by atoms with Gasteiger partial charge in [-0.1, -0.05) is 29.8 Å². The minimum atomic E-state index is -4.32. The van der Waals surface area contributed by atoms with Crippen LogP contribution in [-0.4, -0.2) is 43.9 Å². The van der Waals surface area contributed by atoms with Crippen molar-refractivity contribution in [1.29, 1.82) is 0 Å². The number of rotatable bonds is 11. The second kappa shape index (κ2) is 10.8. The van der Waals surface area contributed by atoms with Crippen LogP contribution in [0.15, 0.2) is 53.9 Å². The number of ether oxygens (including phenoxy) is 2. The van der Waals surface area contributed by atoms with Crippen molar-refractivity contribution in [1.82, 2.24) is 0 Å². The van der Waals surface area contributed by atoms with Crippen LogP contribution in [0.4, 0.5) is 0 Å². The molecule has 164 valence electrons. The Morgan fingerprint density at radius 3 is 2.37 bits per heavy atom. The van der Waals surface area contributed by atoms with E-state index in [1.54, 1.807) is 25.3 Å². The van der Waals surface area contributed by atoms with Crippen molar-refractivity contribution < 1.29 is 27.6 Å². The highest BCUT2D eigenvalue weighted by atomic mass is 35.5. The van der Waals surface area contributed by atoms with E-state index in [0.29, 0.717) is 29.2 Å². The minimum Gasteiger partial charge on any atom is -0.497 e. The second-order valence-electron chi connectivity index (χ2n) is 6.91. The van der Waals surface area contributed by atoms with Crippen LogP contribution >= 0.6 is 11.6 Å². The van der Waals surface area contributed by atoms with Crippen LogP contribution in [0.2, 0.25) is 5.02 Å². The SMILES string of the molecule is COc1ccc(CCOc2ccc(CCC(N)(C=CS(=O)(=O)O)CO)c(Cl)c2)cc1. The standard InChI is InChI=1S/C21H26ClNO6S/c1-28-18-5-2-16(3-6-18)9-12-29-19-7-4-17(20(22)14-19)8-10-21(23,15-24)11-13-30(25,26)27/h2-7,11,13-14,24H,8-10,12,15,23H2,1H3,(H,25,26,27). The van der Waals surface area contributed by atoms with Crippen molar-refractivity contribution in [2.75, 3.05) is 20.3 Å². The highest BCUT2D eigenvalue weighted by Crippen LogP contribution is 2.25. The van der Waals surface area contributed by atoms with Crippen molar-refractivity contribution in [3.8, 4) is 11.5 Å². The van der Waals surface area contributed by atoms with Gasteiger partial charge in [-0.3, -0.25) is 4.55 Å². The molecule has 0 amide bonds. The molecular weight excluding hydrogens is 430 g/mol. The summed E-state index contributed by atoms with van der Waals surface area (Å²) in [5, 5.41) is 10.5. The van der Waals surface area contributed by atoms with Crippen LogP contribution in [0.25, 0.3) is 0 Å². The molecule has 0 saturated carbocycles. The van der Waals surface area contributed by atoms with E-state index in [1.165, 1.54) is 0 Å². The van der Waals surface area contributed by atoms with E-state index in [1.807, 2.05) is 24.3 Å². The Hall–Kier alpha value is -2.10. The molecule has 2 rings (SSSR count). The zero-order chi connectivity index (χ0) is 22.2. The number of methoxy groups -OCH3 is 1. The van der Waals surface area contributed by atoms with E-state index >= 15 is 0 Å². The number of hydrogen-bond acceptors (Lipinski definition) is 6. The average molecular weight is 456 g/mol. The molecule has 1 atom stereocenters. The lowest BCUT2D eigenvalue weighted by Crippen LogP contribution is -2.42. The topological polar surface area (TPSA) is 119 Å². The van der Waals surface area contributed by atoms with Gasteiger partial charge >= 0.3 is 0 Å². The molecule has 2 aromatic rings. The van der Waals surface area contributed by atoms with E-state index < -0.39 is 22.3 Å². The Labute approximate surface area is 181 Å². The molecule has 0 aliphatic carbocycles. The van der Waals surface area contributed by atoms with Crippen molar-refractivity contribution in [2.24, 2.45) is 5.73 Å². The monoisotopic (exact) mass is 455 g/mol. The molecule has 0 aliphatic heterocycles. The normalized spacial score (nSPS) is 13.9. The number of benzene rings is 2. The van der Waals surface area contributed by atoms with Gasteiger partial charge in [0, 0.05) is 11.4 Å². The molecule has 0 spiro atoms. The van der Waals surface area contributed by atoms with Crippen LogP contribution in [0.1, 0.15) is 17.5 Å². The predicted octanol–water partition coefficient (Wildman–Crippen LogP) is 2.99. The number of nitrogens with two attached hydrogens (primary N) is 1. The second-order valence-corrected chi connectivity index (χ2v) is 8.62. The molecule has 0 bridgehead atoms. The first-order chi connectivity index (χ1) is 14.1. The Morgan fingerprint density at radius 1 is 1.13 bits per heavy atom. The van der Waals surface area contributed by atoms with Gasteiger partial charge in [0.05, 0.1) is 31.3 Å². The molecule has 9 heteroatoms. The lowest BCUT2D eigenvalue weighted by Gasteiger charge is -2.23. The molecule has 1 unspecified atom stereocenters. The number of aryl methyl sites for hydroxylation is 1. The van der Waals surface area contributed by atoms with Crippen LogP contribution in [0.5, 0.6) is 11.5 Å². The molecule has 30 heavy (non-hydrogen) atoms. The molecule has 0 aromatic heterocycles. The summed E-state index contributed by atoms with van der Waals surface area (Å²) < 4.78 is 41.4. The van der Waals surface area contributed by atoms with Gasteiger partial charge in [0.1, 0.15) is 11.5 Å². The summed E-state index contributed by atoms with van der Waals surface area (Å²) in [6.45, 7) is 0.00203. The third-order valence-electron chi connectivity index (χ3n) is 4.57. The maximum atomic E-state index is 10.9. The van der Waals surface area contributed by atoms with Crippen molar-refractivity contribution in [3.05, 3.63) is 70.1 Å². The highest BCUT2D eigenvalue weighted by Gasteiger charge is 2.22. The van der Waals surface area contributed by atoms with E-state index in [-0.39, 0.29) is 6.42 Å². The van der Waals surface area contributed by atoms with Crippen molar-refractivity contribution in [2.45, 2.75) is 24.8 Å². The zero-order valence-electron chi connectivity index (χ0n) is 16.6. The average Bonchev–Trinajstić information content (AvgIpc) is 2.72. The fraction of sp³-hybridized carbons (Fsp3) is 0.333. The Morgan fingerprint density at radius 2 is 1.80 bits per heavy atom. The smallest absolute Gasteiger partial charge is 0.287 e. The summed E-state index contributed by atoms with van der Waals surface area (Å²) >= 11 is 6.33. The van der Waals surface area contributed by atoms with Crippen molar-refractivity contribution in [3.63, 3.8) is 0 Å². The molecule has 4 N–H and O–H groups in total. The van der Waals surface area contributed by atoms with E-state index in [4.69, 9.17) is 31.4 Å². The van der Waals surface area contributed by atoms with Crippen molar-refractivity contribution >= 4 is 21.7 Å². The molecule has 0 fully saturated rings. The van der Waals surface area contributed by atoms with E-state index in [9.17, 15) is 13.5 Å². The summed E-state index contributed by atoms with van der Waals surface area (Å²) in [5.74, 6) is 1.43. The lowest BCUT2D eigenvalue weighted by atomic mass is 9.93. The first-order valence-corrected chi connectivity index (χ1v) is 11.1. The van der Waals surface area contributed by atoms with Gasteiger partial charge in [0.2, 0.25) is 0 Å². The molecule has 0 heterocycles. The number of aliphatic hydroxyl groups excluding tert-OH is 1. The summed E-state index contributed by atoms with van der Waals surface area (Å²) in [6.07, 6.45) is 2.44. The van der Waals surface area contributed by atoms with Gasteiger partial charge in [0.25, 0.3) is 10.1 Å². The zero-order valence-corrected chi connectivity index (χ0v) is 18.2. The summed E-state index contributed by atoms with van der Waals surface area (Å²) in [6, 6.07) is 13.1. The summed E-state index contributed by atoms with van der Waals surface area (Å²) in [5.41, 5.74) is 6.59. The minimum absolute atomic E-state index is 0.229. The van der Waals surface area contributed by atoms with Gasteiger partial charge < -0.3 is 20.3 Å². The van der Waals surface area contributed by atoms with Crippen LogP contribution < -0.4 is 15.2 Å². The first-order valence-electron chi connectivity index (χ1n) is 9.25. The fourth-order valence-corrected chi connectivity index (χ4v) is 3.41. The molecule has 0 radical (unpaired) electrons. The van der Waals surface area contributed by atoms with Gasteiger partial charge in [-0.15, -0.1) is 0 Å². The predicted molar refractivity (Wildman–Crippen MR) is 117 cm³/mol. The number of aliphatic hydroxyl groups is 1. The van der Waals surface area contributed by atoms with E-state index in [2.05, 4.69) is 0 Å². The van der Waals surface area contributed by atoms with E-state index in [0.717, 1.165) is 29.4 Å². The number of halogens is 1. The third-order valence-corrected chi connectivity index (χ3v) is 5.40. The quantitative estimate of drug-likeness (QED) is 0.445. The van der Waals surface area contributed by atoms with Gasteiger partial charge in [0.15, 0.2) is 0 Å². The van der Waals surface area contributed by atoms with Gasteiger partial charge in [-0.2, -0.15) is 8.42 Å². The van der Waals surface area contributed by atoms with Crippen LogP contribution in [-0.2, 0) is 23.0 Å². The Balaban J connectivity index is 1.91. The Kier molecular flexibility index (Phi) is 8.69. The van der Waals surface area contributed by atoms with Gasteiger partial charge in [-0.05, 0) is 54.3 Å². The first kappa shape index (κ1) is 24.2.